The van der Waals surface area contributed by atoms with Gasteiger partial charge in [-0.2, -0.15) is 5.10 Å². The molecule has 1 fully saturated rings. The third-order valence-electron chi connectivity index (χ3n) is 5.75. The van der Waals surface area contributed by atoms with E-state index in [4.69, 9.17) is 26.8 Å². The topological polar surface area (TPSA) is 44.5 Å². The van der Waals surface area contributed by atoms with Crippen molar-refractivity contribution in [3.05, 3.63) is 58.9 Å². The van der Waals surface area contributed by atoms with Crippen LogP contribution in [-0.2, 0) is 13.2 Å². The maximum atomic E-state index is 5.78. The van der Waals surface area contributed by atoms with Crippen LogP contribution in [0.3, 0.4) is 0 Å². The van der Waals surface area contributed by atoms with Gasteiger partial charge in [0, 0.05) is 36.3 Å². The predicted octanol–water partition coefficient (Wildman–Crippen LogP) is 4.91. The lowest BCUT2D eigenvalue weighted by Gasteiger charge is -2.26. The summed E-state index contributed by atoms with van der Waals surface area (Å²) in [6.45, 7) is 4.56. The molecule has 0 spiro atoms. The highest BCUT2D eigenvalue weighted by atomic mass is 32.1. The van der Waals surface area contributed by atoms with E-state index in [1.54, 1.807) is 14.2 Å². The van der Waals surface area contributed by atoms with Crippen LogP contribution < -0.4 is 9.47 Å². The lowest BCUT2D eigenvalue weighted by molar-refractivity contribution is 0.186. The van der Waals surface area contributed by atoms with Crippen molar-refractivity contribution in [2.45, 2.75) is 39.0 Å². The molecule has 0 N–H and O–H groups in total. The van der Waals surface area contributed by atoms with Crippen molar-refractivity contribution in [3.63, 3.8) is 0 Å². The van der Waals surface area contributed by atoms with Gasteiger partial charge in [-0.15, -0.1) is 0 Å². The Morgan fingerprint density at radius 1 is 1.10 bits per heavy atom. The Kier molecular flexibility index (Phi) is 6.20. The molecular formula is C23H28N4O2S. The standard InChI is InChI=1S/C23H28N4O2S/c1-4-26-22(17-9-6-5-7-10-17)24-27(23(26)30)16-25-14-8-11-20(25)19-13-12-18(28-2)15-21(19)29-3/h5-7,9-10,12-13,15,20H,4,8,11,14,16H2,1-3H3/t20-/m1/s1. The molecule has 2 aromatic carbocycles. The number of likely N-dealkylation sites (tertiary alicyclic amines) is 1. The Balaban J connectivity index is 1.65. The highest BCUT2D eigenvalue weighted by Gasteiger charge is 2.29. The maximum absolute atomic E-state index is 5.78. The second kappa shape index (κ2) is 9.02. The summed E-state index contributed by atoms with van der Waals surface area (Å²) in [5.41, 5.74) is 2.26. The van der Waals surface area contributed by atoms with Crippen molar-refractivity contribution in [2.24, 2.45) is 0 Å². The Bertz CT molecular complexity index is 1060. The zero-order valence-electron chi connectivity index (χ0n) is 17.7. The number of benzene rings is 2. The fourth-order valence-electron chi connectivity index (χ4n) is 4.23. The summed E-state index contributed by atoms with van der Waals surface area (Å²) in [5.74, 6) is 2.58. The van der Waals surface area contributed by atoms with Crippen molar-refractivity contribution < 1.29 is 9.47 Å². The third kappa shape index (κ3) is 3.87. The molecular weight excluding hydrogens is 396 g/mol. The predicted molar refractivity (Wildman–Crippen MR) is 120 cm³/mol. The lowest BCUT2D eigenvalue weighted by atomic mass is 10.0. The van der Waals surface area contributed by atoms with Crippen LogP contribution in [0.2, 0.25) is 0 Å². The van der Waals surface area contributed by atoms with Gasteiger partial charge in [0.25, 0.3) is 0 Å². The smallest absolute Gasteiger partial charge is 0.199 e. The molecule has 4 rings (SSSR count). The van der Waals surface area contributed by atoms with Crippen molar-refractivity contribution in [3.8, 4) is 22.9 Å². The summed E-state index contributed by atoms with van der Waals surface area (Å²) < 4.78 is 15.8. The molecule has 1 aromatic heterocycles. The van der Waals surface area contributed by atoms with Gasteiger partial charge in [-0.3, -0.25) is 4.90 Å². The summed E-state index contributed by atoms with van der Waals surface area (Å²) >= 11 is 5.78. The van der Waals surface area contributed by atoms with Crippen LogP contribution in [0.15, 0.2) is 48.5 Å². The average Bonchev–Trinajstić information content (AvgIpc) is 3.38. The molecule has 1 aliphatic heterocycles. The first-order chi connectivity index (χ1) is 14.7. The first kappa shape index (κ1) is 20.6. The summed E-state index contributed by atoms with van der Waals surface area (Å²) in [6, 6.07) is 16.6. The van der Waals surface area contributed by atoms with Gasteiger partial charge in [-0.05, 0) is 38.0 Å². The number of ether oxygens (including phenoxy) is 2. The summed E-state index contributed by atoms with van der Waals surface area (Å²) in [7, 11) is 3.38. The third-order valence-corrected chi connectivity index (χ3v) is 6.18. The zero-order chi connectivity index (χ0) is 21.1. The van der Waals surface area contributed by atoms with E-state index in [9.17, 15) is 0 Å². The van der Waals surface area contributed by atoms with Gasteiger partial charge >= 0.3 is 0 Å². The lowest BCUT2D eigenvalue weighted by Crippen LogP contribution is -2.27. The van der Waals surface area contributed by atoms with Gasteiger partial charge in [-0.25, -0.2) is 4.68 Å². The van der Waals surface area contributed by atoms with Crippen LogP contribution in [0.1, 0.15) is 31.4 Å². The molecule has 0 aliphatic carbocycles. The van der Waals surface area contributed by atoms with Gasteiger partial charge in [0.05, 0.1) is 20.9 Å². The van der Waals surface area contributed by atoms with E-state index in [1.165, 1.54) is 5.56 Å². The maximum Gasteiger partial charge on any atom is 0.199 e. The van der Waals surface area contributed by atoms with Crippen LogP contribution in [0.25, 0.3) is 11.4 Å². The highest BCUT2D eigenvalue weighted by Crippen LogP contribution is 2.39. The van der Waals surface area contributed by atoms with Gasteiger partial charge < -0.3 is 14.0 Å². The number of methoxy groups -OCH3 is 2. The molecule has 0 saturated carbocycles. The fourth-order valence-corrected chi connectivity index (χ4v) is 4.55. The van der Waals surface area contributed by atoms with Gasteiger partial charge in [0.1, 0.15) is 11.5 Å². The summed E-state index contributed by atoms with van der Waals surface area (Å²) in [4.78, 5) is 2.43. The zero-order valence-corrected chi connectivity index (χ0v) is 18.6. The highest BCUT2D eigenvalue weighted by molar-refractivity contribution is 7.71. The van der Waals surface area contributed by atoms with E-state index in [0.717, 1.165) is 53.6 Å². The Morgan fingerprint density at radius 2 is 1.90 bits per heavy atom. The molecule has 30 heavy (non-hydrogen) atoms. The van der Waals surface area contributed by atoms with Gasteiger partial charge in [0.2, 0.25) is 0 Å². The molecule has 3 aromatic rings. The summed E-state index contributed by atoms with van der Waals surface area (Å²) in [5, 5.41) is 4.89. The minimum atomic E-state index is 0.264. The van der Waals surface area contributed by atoms with E-state index in [0.29, 0.717) is 6.67 Å². The normalized spacial score (nSPS) is 16.7. The number of nitrogens with zero attached hydrogens (tertiary/aromatic N) is 4. The SMILES string of the molecule is CCn1c(-c2ccccc2)nn(CN2CCC[C@@H]2c2ccc(OC)cc2OC)c1=S. The molecule has 0 bridgehead atoms. The first-order valence-corrected chi connectivity index (χ1v) is 10.8. The summed E-state index contributed by atoms with van der Waals surface area (Å²) in [6.07, 6.45) is 2.21. The van der Waals surface area contributed by atoms with E-state index in [1.807, 2.05) is 35.0 Å². The minimum Gasteiger partial charge on any atom is -0.497 e. The van der Waals surface area contributed by atoms with Gasteiger partial charge in [0.15, 0.2) is 10.6 Å². The molecule has 6 nitrogen and oxygen atoms in total. The second-order valence-electron chi connectivity index (χ2n) is 7.44. The number of aromatic nitrogens is 3. The molecule has 0 amide bonds. The van der Waals surface area contributed by atoms with Crippen LogP contribution >= 0.6 is 12.2 Å². The quantitative estimate of drug-likeness (QED) is 0.504. The largest absolute Gasteiger partial charge is 0.497 e. The molecule has 1 atom stereocenters. The van der Waals surface area contributed by atoms with Gasteiger partial charge in [-0.1, -0.05) is 36.4 Å². The number of hydrogen-bond acceptors (Lipinski definition) is 5. The van der Waals surface area contributed by atoms with E-state index >= 15 is 0 Å². The fraction of sp³-hybridized carbons (Fsp3) is 0.391. The van der Waals surface area contributed by atoms with Crippen molar-refractivity contribution in [1.29, 1.82) is 0 Å². The molecule has 7 heteroatoms. The first-order valence-electron chi connectivity index (χ1n) is 10.3. The Labute approximate surface area is 182 Å². The number of rotatable bonds is 7. The Morgan fingerprint density at radius 3 is 2.60 bits per heavy atom. The molecule has 158 valence electrons. The van der Waals surface area contributed by atoms with E-state index < -0.39 is 0 Å². The second-order valence-corrected chi connectivity index (χ2v) is 7.80. The van der Waals surface area contributed by atoms with Crippen molar-refractivity contribution in [1.82, 2.24) is 19.2 Å². The number of hydrogen-bond donors (Lipinski definition) is 0. The van der Waals surface area contributed by atoms with E-state index in [2.05, 4.69) is 34.6 Å². The monoisotopic (exact) mass is 424 g/mol. The van der Waals surface area contributed by atoms with Crippen molar-refractivity contribution >= 4 is 12.2 Å². The van der Waals surface area contributed by atoms with Crippen LogP contribution in [0, 0.1) is 4.77 Å². The van der Waals surface area contributed by atoms with Crippen LogP contribution in [0.4, 0.5) is 0 Å². The molecule has 1 saturated heterocycles. The van der Waals surface area contributed by atoms with Crippen LogP contribution in [0.5, 0.6) is 11.5 Å². The average molecular weight is 425 g/mol. The van der Waals surface area contributed by atoms with Crippen molar-refractivity contribution in [2.75, 3.05) is 20.8 Å². The molecule has 1 aliphatic rings. The Hall–Kier alpha value is -2.64. The molecule has 0 radical (unpaired) electrons. The van der Waals surface area contributed by atoms with E-state index in [-0.39, 0.29) is 6.04 Å². The molecule has 2 heterocycles. The minimum absolute atomic E-state index is 0.264. The molecule has 0 unspecified atom stereocenters. The van der Waals surface area contributed by atoms with Crippen LogP contribution in [-0.4, -0.2) is 40.0 Å².